The second kappa shape index (κ2) is 16.6. The van der Waals surface area contributed by atoms with Crippen molar-refractivity contribution < 1.29 is 0 Å². The monoisotopic (exact) mass is 968 g/mol. The van der Waals surface area contributed by atoms with Crippen LogP contribution in [0.2, 0.25) is 0 Å². The van der Waals surface area contributed by atoms with Gasteiger partial charge in [0.25, 0.3) is 0 Å². The van der Waals surface area contributed by atoms with Gasteiger partial charge in [0, 0.05) is 82.5 Å². The van der Waals surface area contributed by atoms with E-state index in [4.69, 9.17) is 9.97 Å². The van der Waals surface area contributed by atoms with Gasteiger partial charge >= 0.3 is 0 Å². The van der Waals surface area contributed by atoms with Crippen LogP contribution in [0.5, 0.6) is 0 Å². The molecule has 0 amide bonds. The van der Waals surface area contributed by atoms with Gasteiger partial charge in [-0.15, -0.1) is 0 Å². The van der Waals surface area contributed by atoms with Crippen molar-refractivity contribution in [2.24, 2.45) is 0 Å². The Labute approximate surface area is 436 Å². The number of nitrogens with zero attached hydrogens (tertiary/aromatic N) is 6. The standard InChI is InChI=1S/C70H44N6/c1-6-22-45(23-7-1)57-44-58(72-70(71-57)46-24-8-2-9-25-46)55-43-64-66(54-34-18-20-36-60(54)74(64)48-28-12-4-13-29-48)69-65(55)53-33-17-21-37-61(53)76(69)50-38-40-62-56(42-50)67-63(73(62)47-26-10-3-11-27-47)41-39-52-51-32-16-19-35-59(51)75(68(52)67)49-30-14-5-15-31-49/h1-44H. The first-order valence-electron chi connectivity index (χ1n) is 25.9. The van der Waals surface area contributed by atoms with E-state index in [1.807, 2.05) is 6.07 Å². The minimum atomic E-state index is 0.678. The molecule has 0 aliphatic heterocycles. The molecule has 0 aliphatic carbocycles. The van der Waals surface area contributed by atoms with Gasteiger partial charge < -0.3 is 18.3 Å². The van der Waals surface area contributed by atoms with E-state index in [9.17, 15) is 0 Å². The van der Waals surface area contributed by atoms with E-state index in [1.165, 1.54) is 43.4 Å². The van der Waals surface area contributed by atoms with Crippen molar-refractivity contribution in [1.82, 2.24) is 28.2 Å². The van der Waals surface area contributed by atoms with Crippen LogP contribution in [0, 0.1) is 0 Å². The molecule has 5 aromatic heterocycles. The van der Waals surface area contributed by atoms with Crippen molar-refractivity contribution in [1.29, 1.82) is 0 Å². The molecule has 0 saturated carbocycles. The molecular formula is C70H44N6. The van der Waals surface area contributed by atoms with E-state index in [-0.39, 0.29) is 0 Å². The first-order chi connectivity index (χ1) is 37.7. The van der Waals surface area contributed by atoms with Gasteiger partial charge in [0.2, 0.25) is 0 Å². The van der Waals surface area contributed by atoms with Gasteiger partial charge in [-0.3, -0.25) is 0 Å². The molecule has 5 heterocycles. The van der Waals surface area contributed by atoms with Crippen LogP contribution in [-0.4, -0.2) is 28.2 Å². The fourth-order valence-electron chi connectivity index (χ4n) is 12.4. The average molecular weight is 969 g/mol. The van der Waals surface area contributed by atoms with Crippen molar-refractivity contribution in [3.8, 4) is 56.7 Å². The Morgan fingerprint density at radius 1 is 0.237 bits per heavy atom. The number of benzene rings is 11. The molecule has 16 aromatic rings. The second-order valence-electron chi connectivity index (χ2n) is 19.7. The molecule has 76 heavy (non-hydrogen) atoms. The first-order valence-corrected chi connectivity index (χ1v) is 25.9. The zero-order valence-electron chi connectivity index (χ0n) is 41.1. The predicted octanol–water partition coefficient (Wildman–Crippen LogP) is 17.9. The van der Waals surface area contributed by atoms with E-state index in [0.717, 1.165) is 94.7 Å². The smallest absolute Gasteiger partial charge is 0.160 e. The van der Waals surface area contributed by atoms with Crippen molar-refractivity contribution in [2.45, 2.75) is 0 Å². The van der Waals surface area contributed by atoms with Gasteiger partial charge in [0.05, 0.1) is 55.5 Å². The lowest BCUT2D eigenvalue weighted by Crippen LogP contribution is -1.99. The Hall–Kier alpha value is -10.3. The fourth-order valence-corrected chi connectivity index (χ4v) is 12.4. The maximum absolute atomic E-state index is 5.55. The highest BCUT2D eigenvalue weighted by Crippen LogP contribution is 2.48. The Bertz CT molecular complexity index is 4890. The zero-order valence-corrected chi connectivity index (χ0v) is 41.1. The van der Waals surface area contributed by atoms with Crippen LogP contribution in [0.3, 0.4) is 0 Å². The molecule has 0 N–H and O–H groups in total. The summed E-state index contributed by atoms with van der Waals surface area (Å²) in [6.07, 6.45) is 0. The van der Waals surface area contributed by atoms with E-state index in [1.54, 1.807) is 0 Å². The van der Waals surface area contributed by atoms with E-state index >= 15 is 0 Å². The summed E-state index contributed by atoms with van der Waals surface area (Å²) < 4.78 is 9.88. The van der Waals surface area contributed by atoms with Crippen LogP contribution >= 0.6 is 0 Å². The SMILES string of the molecule is c1ccc(-c2cc(-c3cc4c(c5ccccc5n4-c4ccccc4)c4c3c3ccccc3n4-c3ccc4c(c3)c3c(ccc5c6ccccc6n(-c6ccccc6)c53)n4-c3ccccc3)nc(-c3ccccc3)n2)cc1. The lowest BCUT2D eigenvalue weighted by Gasteiger charge is -2.14. The normalized spacial score (nSPS) is 11.9. The number of aromatic nitrogens is 6. The molecular weight excluding hydrogens is 925 g/mol. The molecule has 0 fully saturated rings. The lowest BCUT2D eigenvalue weighted by atomic mass is 9.98. The topological polar surface area (TPSA) is 45.5 Å². The molecule has 0 aliphatic rings. The van der Waals surface area contributed by atoms with Gasteiger partial charge in [-0.2, -0.15) is 0 Å². The van der Waals surface area contributed by atoms with Gasteiger partial charge in [-0.05, 0) is 91.0 Å². The summed E-state index contributed by atoms with van der Waals surface area (Å²) in [6, 6.07) is 96.3. The predicted molar refractivity (Wildman–Crippen MR) is 316 cm³/mol. The van der Waals surface area contributed by atoms with Crippen LogP contribution < -0.4 is 0 Å². The molecule has 0 spiro atoms. The van der Waals surface area contributed by atoms with Gasteiger partial charge in [-0.1, -0.05) is 176 Å². The summed E-state index contributed by atoms with van der Waals surface area (Å²) in [4.78, 5) is 10.8. The molecule has 6 nitrogen and oxygen atoms in total. The quantitative estimate of drug-likeness (QED) is 0.160. The second-order valence-corrected chi connectivity index (χ2v) is 19.7. The number of rotatable bonds is 7. The van der Waals surface area contributed by atoms with Crippen molar-refractivity contribution in [2.75, 3.05) is 0 Å². The maximum Gasteiger partial charge on any atom is 0.160 e. The molecule has 16 rings (SSSR count). The molecule has 11 aromatic carbocycles. The van der Waals surface area contributed by atoms with E-state index in [2.05, 4.69) is 279 Å². The summed E-state index contributed by atoms with van der Waals surface area (Å²) >= 11 is 0. The maximum atomic E-state index is 5.55. The molecule has 0 bridgehead atoms. The average Bonchev–Trinajstić information content (AvgIpc) is 4.32. The summed E-state index contributed by atoms with van der Waals surface area (Å²) in [5, 5.41) is 9.44. The van der Waals surface area contributed by atoms with E-state index < -0.39 is 0 Å². The lowest BCUT2D eigenvalue weighted by molar-refractivity contribution is 1.16. The Morgan fingerprint density at radius 2 is 0.684 bits per heavy atom. The van der Waals surface area contributed by atoms with Gasteiger partial charge in [0.15, 0.2) is 5.82 Å². The van der Waals surface area contributed by atoms with Crippen LogP contribution in [0.25, 0.3) is 144 Å². The molecule has 0 saturated heterocycles. The highest BCUT2D eigenvalue weighted by Gasteiger charge is 2.27. The molecule has 354 valence electrons. The number of para-hydroxylation sites is 6. The number of fused-ring (bicyclic) bond motifs is 14. The van der Waals surface area contributed by atoms with Crippen molar-refractivity contribution in [3.05, 3.63) is 267 Å². The largest absolute Gasteiger partial charge is 0.309 e. The Morgan fingerprint density at radius 3 is 1.33 bits per heavy atom. The molecule has 6 heteroatoms. The highest BCUT2D eigenvalue weighted by atomic mass is 15.0. The minimum absolute atomic E-state index is 0.678. The van der Waals surface area contributed by atoms with Crippen LogP contribution in [0.4, 0.5) is 0 Å². The van der Waals surface area contributed by atoms with Crippen molar-refractivity contribution >= 4 is 87.2 Å². The third-order valence-electron chi connectivity index (χ3n) is 15.5. The third-order valence-corrected chi connectivity index (χ3v) is 15.5. The summed E-state index contributed by atoms with van der Waals surface area (Å²) in [6.45, 7) is 0. The minimum Gasteiger partial charge on any atom is -0.309 e. The zero-order chi connectivity index (χ0) is 49.8. The van der Waals surface area contributed by atoms with Crippen LogP contribution in [0.15, 0.2) is 267 Å². The summed E-state index contributed by atoms with van der Waals surface area (Å²) in [5.74, 6) is 0.678. The van der Waals surface area contributed by atoms with Crippen LogP contribution in [0.1, 0.15) is 0 Å². The summed E-state index contributed by atoms with van der Waals surface area (Å²) in [7, 11) is 0. The van der Waals surface area contributed by atoms with Crippen molar-refractivity contribution in [3.63, 3.8) is 0 Å². The first kappa shape index (κ1) is 42.2. The Balaban J connectivity index is 1.09. The van der Waals surface area contributed by atoms with Gasteiger partial charge in [0.1, 0.15) is 0 Å². The molecule has 0 unspecified atom stereocenters. The molecule has 0 radical (unpaired) electrons. The van der Waals surface area contributed by atoms with Gasteiger partial charge in [-0.25, -0.2) is 9.97 Å². The fraction of sp³-hybridized carbons (Fsp3) is 0. The third kappa shape index (κ3) is 6.22. The van der Waals surface area contributed by atoms with Crippen LogP contribution in [-0.2, 0) is 0 Å². The molecule has 0 atom stereocenters. The number of hydrogen-bond acceptors (Lipinski definition) is 2. The highest BCUT2D eigenvalue weighted by molar-refractivity contribution is 6.31. The summed E-state index contributed by atoms with van der Waals surface area (Å²) in [5.41, 5.74) is 18.2. The number of hydrogen-bond donors (Lipinski definition) is 0. The van der Waals surface area contributed by atoms with E-state index in [0.29, 0.717) is 5.82 Å². The Kier molecular flexibility index (Phi) is 9.23.